The molecule has 2 aromatic heterocycles. The van der Waals surface area contributed by atoms with Crippen molar-refractivity contribution >= 4 is 16.9 Å². The first kappa shape index (κ1) is 14.8. The molecular weight excluding hydrogens is 288 g/mol. The van der Waals surface area contributed by atoms with Crippen molar-refractivity contribution in [1.82, 2.24) is 15.3 Å². The third kappa shape index (κ3) is 3.40. The van der Waals surface area contributed by atoms with Gasteiger partial charge in [0, 0.05) is 11.9 Å². The number of carbonyl (C=O) groups excluding carboxylic acids is 1. The van der Waals surface area contributed by atoms with Gasteiger partial charge in [-0.2, -0.15) is 0 Å². The van der Waals surface area contributed by atoms with Gasteiger partial charge in [0.05, 0.1) is 17.1 Å². The van der Waals surface area contributed by atoms with Crippen LogP contribution in [0, 0.1) is 0 Å². The molecule has 0 spiro atoms. The summed E-state index contributed by atoms with van der Waals surface area (Å²) in [4.78, 5) is 19.7. The maximum absolute atomic E-state index is 12.5. The Hall–Kier alpha value is -3.08. The number of benzene rings is 1. The molecule has 0 aliphatic heterocycles. The number of nitrogens with zero attached hydrogens (tertiary/aromatic N) is 1. The van der Waals surface area contributed by atoms with Crippen molar-refractivity contribution in [1.29, 1.82) is 0 Å². The van der Waals surface area contributed by atoms with Gasteiger partial charge in [-0.15, -0.1) is 0 Å². The van der Waals surface area contributed by atoms with Crippen molar-refractivity contribution in [3.63, 3.8) is 0 Å². The molecule has 0 aliphatic carbocycles. The molecule has 3 rings (SSSR count). The molecule has 5 nitrogen and oxygen atoms in total. The smallest absolute Gasteiger partial charge is 0.268 e. The number of hydrogen-bond donors (Lipinski definition) is 3. The second-order valence-corrected chi connectivity index (χ2v) is 5.41. The predicted octanol–water partition coefficient (Wildman–Crippen LogP) is 2.38. The summed E-state index contributed by atoms with van der Waals surface area (Å²) in [6.07, 6.45) is 2.29. The number of rotatable bonds is 5. The van der Waals surface area contributed by atoms with Gasteiger partial charge >= 0.3 is 0 Å². The Morgan fingerprint density at radius 3 is 2.74 bits per heavy atom. The minimum absolute atomic E-state index is 0.226. The molecule has 4 N–H and O–H groups in total. The van der Waals surface area contributed by atoms with Crippen LogP contribution in [0.3, 0.4) is 0 Å². The second kappa shape index (κ2) is 6.36. The lowest BCUT2D eigenvalue weighted by molar-refractivity contribution is 0.0938. The Kier molecular flexibility index (Phi) is 4.10. The number of H-pyrrole nitrogens is 1. The Bertz CT molecular complexity index is 805. The topological polar surface area (TPSA) is 83.8 Å². The lowest BCUT2D eigenvalue weighted by atomic mass is 10.0. The number of fused-ring (bicyclic) bond motifs is 1. The molecule has 0 radical (unpaired) electrons. The minimum Gasteiger partial charge on any atom is -0.401 e. The molecule has 0 aliphatic rings. The third-order valence-electron chi connectivity index (χ3n) is 3.67. The monoisotopic (exact) mass is 306 g/mol. The van der Waals surface area contributed by atoms with Gasteiger partial charge in [-0.25, -0.2) is 0 Å². The highest BCUT2D eigenvalue weighted by molar-refractivity contribution is 5.97. The van der Waals surface area contributed by atoms with Crippen molar-refractivity contribution in [3.8, 4) is 0 Å². The van der Waals surface area contributed by atoms with E-state index in [9.17, 15) is 4.79 Å². The summed E-state index contributed by atoms with van der Waals surface area (Å²) >= 11 is 0. The van der Waals surface area contributed by atoms with Gasteiger partial charge in [0.15, 0.2) is 0 Å². The highest BCUT2D eigenvalue weighted by Crippen LogP contribution is 2.13. The first-order chi connectivity index (χ1) is 11.1. The molecule has 0 saturated carbocycles. The summed E-state index contributed by atoms with van der Waals surface area (Å²) in [5.74, 6) is -0.226. The van der Waals surface area contributed by atoms with E-state index in [0.29, 0.717) is 17.8 Å². The predicted molar refractivity (Wildman–Crippen MR) is 90.8 cm³/mol. The summed E-state index contributed by atoms with van der Waals surface area (Å²) in [6, 6.07) is 14.9. The Morgan fingerprint density at radius 2 is 2.04 bits per heavy atom. The van der Waals surface area contributed by atoms with Crippen LogP contribution in [-0.4, -0.2) is 21.9 Å². The van der Waals surface area contributed by atoms with Gasteiger partial charge in [-0.1, -0.05) is 36.9 Å². The molecule has 2 heterocycles. The molecule has 1 amide bonds. The fourth-order valence-corrected chi connectivity index (χ4v) is 2.44. The molecule has 3 aromatic rings. The first-order valence-electron chi connectivity index (χ1n) is 7.36. The maximum Gasteiger partial charge on any atom is 0.268 e. The number of amides is 1. The maximum atomic E-state index is 12.5. The summed E-state index contributed by atoms with van der Waals surface area (Å²) in [5, 5.41) is 2.92. The van der Waals surface area contributed by atoms with Crippen LogP contribution in [-0.2, 0) is 6.42 Å². The fourth-order valence-electron chi connectivity index (χ4n) is 2.44. The normalized spacial score (nSPS) is 12.0. The molecule has 23 heavy (non-hydrogen) atoms. The first-order valence-corrected chi connectivity index (χ1v) is 7.36. The summed E-state index contributed by atoms with van der Waals surface area (Å²) < 4.78 is 0. The molecule has 0 saturated heterocycles. The SMILES string of the molecule is C=C(N)[C@H](Cc1ccccc1)NC(=O)c1cc2ncccc2[nH]1. The molecule has 0 fully saturated rings. The standard InChI is InChI=1S/C18H18N4O/c1-12(19)15(10-13-6-3-2-4-7-13)22-18(23)17-11-16-14(21-17)8-5-9-20-16/h2-9,11,15,21H,1,10,19H2,(H,22,23)/t15-/m0/s1. The van der Waals surface area contributed by atoms with E-state index in [0.717, 1.165) is 16.6 Å². The zero-order valence-electron chi connectivity index (χ0n) is 12.6. The van der Waals surface area contributed by atoms with E-state index in [1.165, 1.54) is 0 Å². The van der Waals surface area contributed by atoms with Crippen molar-refractivity contribution in [2.45, 2.75) is 12.5 Å². The van der Waals surface area contributed by atoms with E-state index in [1.54, 1.807) is 12.3 Å². The van der Waals surface area contributed by atoms with Gasteiger partial charge in [-0.05, 0) is 30.2 Å². The van der Waals surface area contributed by atoms with Crippen molar-refractivity contribution in [2.75, 3.05) is 0 Å². The third-order valence-corrected chi connectivity index (χ3v) is 3.67. The average molecular weight is 306 g/mol. The average Bonchev–Trinajstić information content (AvgIpc) is 2.99. The van der Waals surface area contributed by atoms with Gasteiger partial charge < -0.3 is 16.0 Å². The van der Waals surface area contributed by atoms with Gasteiger partial charge in [0.2, 0.25) is 0 Å². The highest BCUT2D eigenvalue weighted by atomic mass is 16.1. The van der Waals surface area contributed by atoms with E-state index in [-0.39, 0.29) is 11.9 Å². The largest absolute Gasteiger partial charge is 0.401 e. The number of aromatic amines is 1. The van der Waals surface area contributed by atoms with Crippen LogP contribution in [0.4, 0.5) is 0 Å². The van der Waals surface area contributed by atoms with Crippen molar-refractivity contribution in [3.05, 3.63) is 78.3 Å². The highest BCUT2D eigenvalue weighted by Gasteiger charge is 2.17. The van der Waals surface area contributed by atoms with E-state index >= 15 is 0 Å². The molecule has 5 heteroatoms. The second-order valence-electron chi connectivity index (χ2n) is 5.41. The Labute approximate surface area is 134 Å². The molecule has 0 unspecified atom stereocenters. The number of nitrogens with one attached hydrogen (secondary N) is 2. The van der Waals surface area contributed by atoms with E-state index in [1.807, 2.05) is 42.5 Å². The number of carbonyl (C=O) groups is 1. The van der Waals surface area contributed by atoms with E-state index in [4.69, 9.17) is 5.73 Å². The summed E-state index contributed by atoms with van der Waals surface area (Å²) in [5.41, 5.74) is 9.40. The molecule has 116 valence electrons. The van der Waals surface area contributed by atoms with Gasteiger partial charge in [0.25, 0.3) is 5.91 Å². The van der Waals surface area contributed by atoms with E-state index < -0.39 is 0 Å². The van der Waals surface area contributed by atoms with Crippen LogP contribution in [0.25, 0.3) is 11.0 Å². The molecular formula is C18H18N4O. The number of nitrogens with two attached hydrogens (primary N) is 1. The van der Waals surface area contributed by atoms with Gasteiger partial charge in [0.1, 0.15) is 5.69 Å². The van der Waals surface area contributed by atoms with Crippen molar-refractivity contribution < 1.29 is 4.79 Å². The minimum atomic E-state index is -0.329. The quantitative estimate of drug-likeness (QED) is 0.676. The fraction of sp³-hybridized carbons (Fsp3) is 0.111. The van der Waals surface area contributed by atoms with Crippen LogP contribution in [0.15, 0.2) is 67.0 Å². The summed E-state index contributed by atoms with van der Waals surface area (Å²) in [6.45, 7) is 3.78. The van der Waals surface area contributed by atoms with Crippen LogP contribution in [0.2, 0.25) is 0 Å². The Morgan fingerprint density at radius 1 is 1.26 bits per heavy atom. The molecule has 1 atom stereocenters. The van der Waals surface area contributed by atoms with E-state index in [2.05, 4.69) is 21.9 Å². The number of pyridine rings is 1. The summed E-state index contributed by atoms with van der Waals surface area (Å²) in [7, 11) is 0. The number of hydrogen-bond acceptors (Lipinski definition) is 3. The number of aromatic nitrogens is 2. The lowest BCUT2D eigenvalue weighted by Gasteiger charge is -2.18. The zero-order chi connectivity index (χ0) is 16.2. The van der Waals surface area contributed by atoms with Crippen LogP contribution < -0.4 is 11.1 Å². The van der Waals surface area contributed by atoms with Crippen LogP contribution in [0.1, 0.15) is 16.1 Å². The molecule has 1 aromatic carbocycles. The van der Waals surface area contributed by atoms with Crippen molar-refractivity contribution in [2.24, 2.45) is 5.73 Å². The molecule has 0 bridgehead atoms. The lowest BCUT2D eigenvalue weighted by Crippen LogP contribution is -2.40. The Balaban J connectivity index is 1.76. The van der Waals surface area contributed by atoms with Gasteiger partial charge in [-0.3, -0.25) is 9.78 Å². The zero-order valence-corrected chi connectivity index (χ0v) is 12.6. The van der Waals surface area contributed by atoms with Crippen LogP contribution >= 0.6 is 0 Å². The van der Waals surface area contributed by atoms with Crippen LogP contribution in [0.5, 0.6) is 0 Å².